The van der Waals surface area contributed by atoms with Crippen molar-refractivity contribution in [3.05, 3.63) is 53.6 Å². The molecule has 0 radical (unpaired) electrons. The first-order valence-electron chi connectivity index (χ1n) is 5.35. The van der Waals surface area contributed by atoms with Gasteiger partial charge in [0, 0.05) is 15.6 Å². The third kappa shape index (κ3) is 1.30. The molecule has 3 rings (SSSR count). The predicted molar refractivity (Wildman–Crippen MR) is 66.5 cm³/mol. The zero-order valence-electron chi connectivity index (χ0n) is 9.03. The molecule has 0 fully saturated rings. The van der Waals surface area contributed by atoms with Crippen LogP contribution in [0.4, 0.5) is 0 Å². The highest BCUT2D eigenvalue weighted by Crippen LogP contribution is 2.55. The molecule has 0 aromatic heterocycles. The molecule has 0 spiro atoms. The zero-order valence-corrected chi connectivity index (χ0v) is 9.84. The Kier molecular flexibility index (Phi) is 1.87. The van der Waals surface area contributed by atoms with Gasteiger partial charge in [-0.25, -0.2) is 0 Å². The summed E-state index contributed by atoms with van der Waals surface area (Å²) in [5.41, 5.74) is 2.85. The zero-order chi connectivity index (χ0) is 10.5. The van der Waals surface area contributed by atoms with E-state index < -0.39 is 0 Å². The van der Waals surface area contributed by atoms with Crippen LogP contribution in [0.1, 0.15) is 24.0 Å². The molecule has 0 saturated carbocycles. The molecular weight excluding hydrogens is 200 g/mol. The van der Waals surface area contributed by atoms with E-state index in [1.807, 2.05) is 11.8 Å². The molecule has 1 heterocycles. The molecule has 0 nitrogen and oxygen atoms in total. The van der Waals surface area contributed by atoms with Gasteiger partial charge in [0.25, 0.3) is 0 Å². The van der Waals surface area contributed by atoms with Crippen LogP contribution in [-0.4, -0.2) is 4.75 Å². The van der Waals surface area contributed by atoms with Gasteiger partial charge < -0.3 is 0 Å². The van der Waals surface area contributed by atoms with Gasteiger partial charge in [0.15, 0.2) is 0 Å². The van der Waals surface area contributed by atoms with E-state index in [1.165, 1.54) is 16.0 Å². The number of allylic oxidation sites excluding steroid dienone is 3. The molecule has 2 unspecified atom stereocenters. The lowest BCUT2D eigenvalue weighted by molar-refractivity contribution is 0.702. The molecule has 1 aliphatic heterocycles. The molecule has 15 heavy (non-hydrogen) atoms. The third-order valence-corrected chi connectivity index (χ3v) is 4.70. The summed E-state index contributed by atoms with van der Waals surface area (Å²) in [4.78, 5) is 1.46. The summed E-state index contributed by atoms with van der Waals surface area (Å²) in [6.07, 6.45) is 9.00. The summed E-state index contributed by atoms with van der Waals surface area (Å²) < 4.78 is 0.241. The highest BCUT2D eigenvalue weighted by atomic mass is 32.2. The monoisotopic (exact) mass is 214 g/mol. The maximum Gasteiger partial charge on any atom is 0.0464 e. The summed E-state index contributed by atoms with van der Waals surface area (Å²) >= 11 is 2.00. The molecule has 0 amide bonds. The number of thioether (sulfide) groups is 1. The van der Waals surface area contributed by atoms with Crippen molar-refractivity contribution < 1.29 is 0 Å². The van der Waals surface area contributed by atoms with Gasteiger partial charge in [0.05, 0.1) is 0 Å². The van der Waals surface area contributed by atoms with E-state index in [1.54, 1.807) is 0 Å². The third-order valence-electron chi connectivity index (χ3n) is 3.29. The second-order valence-electron chi connectivity index (χ2n) is 4.55. The van der Waals surface area contributed by atoms with Crippen LogP contribution < -0.4 is 0 Å². The Hall–Kier alpha value is -0.950. The van der Waals surface area contributed by atoms with Gasteiger partial charge in [0.2, 0.25) is 0 Å². The van der Waals surface area contributed by atoms with E-state index >= 15 is 0 Å². The fraction of sp³-hybridized carbons (Fsp3) is 0.286. The summed E-state index contributed by atoms with van der Waals surface area (Å²) in [5.74, 6) is 0.558. The van der Waals surface area contributed by atoms with Crippen molar-refractivity contribution in [2.75, 3.05) is 0 Å². The highest BCUT2D eigenvalue weighted by molar-refractivity contribution is 8.01. The summed E-state index contributed by atoms with van der Waals surface area (Å²) in [5, 5.41) is 0. The van der Waals surface area contributed by atoms with E-state index in [4.69, 9.17) is 0 Å². The second-order valence-corrected chi connectivity index (χ2v) is 6.07. The lowest BCUT2D eigenvalue weighted by Crippen LogP contribution is -2.22. The minimum atomic E-state index is 0.241. The predicted octanol–water partition coefficient (Wildman–Crippen LogP) is 4.07. The second kappa shape index (κ2) is 3.02. The van der Waals surface area contributed by atoms with Crippen molar-refractivity contribution in [3.8, 4) is 0 Å². The largest absolute Gasteiger partial charge is 0.114 e. The van der Waals surface area contributed by atoms with Gasteiger partial charge in [-0.3, -0.25) is 0 Å². The fourth-order valence-electron chi connectivity index (χ4n) is 2.45. The van der Waals surface area contributed by atoms with Crippen LogP contribution in [0, 0.1) is 6.92 Å². The SMILES string of the molecule is Cc1ccc2c(c1)SC1(C)C=CC=CC21. The van der Waals surface area contributed by atoms with Crippen LogP contribution in [0.3, 0.4) is 0 Å². The Bertz CT molecular complexity index is 470. The molecule has 0 saturated heterocycles. The molecule has 1 heteroatoms. The number of fused-ring (bicyclic) bond motifs is 3. The first-order chi connectivity index (χ1) is 7.19. The summed E-state index contributed by atoms with van der Waals surface area (Å²) in [6, 6.07) is 6.82. The number of aryl methyl sites for hydroxylation is 1. The lowest BCUT2D eigenvalue weighted by atomic mass is 9.84. The van der Waals surface area contributed by atoms with Gasteiger partial charge in [-0.2, -0.15) is 0 Å². The number of benzene rings is 1. The molecule has 1 aromatic rings. The average Bonchev–Trinajstić information content (AvgIpc) is 2.48. The van der Waals surface area contributed by atoms with Gasteiger partial charge in [-0.15, -0.1) is 11.8 Å². The van der Waals surface area contributed by atoms with Crippen LogP contribution >= 0.6 is 11.8 Å². The molecule has 0 N–H and O–H groups in total. The van der Waals surface area contributed by atoms with Crippen LogP contribution in [0.5, 0.6) is 0 Å². The first-order valence-corrected chi connectivity index (χ1v) is 6.16. The normalized spacial score (nSPS) is 31.5. The van der Waals surface area contributed by atoms with Crippen molar-refractivity contribution in [2.45, 2.75) is 29.4 Å². The van der Waals surface area contributed by atoms with Gasteiger partial charge in [0.1, 0.15) is 0 Å². The van der Waals surface area contributed by atoms with Crippen molar-refractivity contribution in [3.63, 3.8) is 0 Å². The summed E-state index contributed by atoms with van der Waals surface area (Å²) in [7, 11) is 0. The molecule has 2 aliphatic rings. The fourth-order valence-corrected chi connectivity index (χ4v) is 3.96. The van der Waals surface area contributed by atoms with E-state index in [2.05, 4.69) is 56.4 Å². The van der Waals surface area contributed by atoms with Crippen molar-refractivity contribution in [1.29, 1.82) is 0 Å². The highest BCUT2D eigenvalue weighted by Gasteiger charge is 2.40. The number of rotatable bonds is 0. The summed E-state index contributed by atoms with van der Waals surface area (Å²) in [6.45, 7) is 4.49. The minimum Gasteiger partial charge on any atom is -0.114 e. The molecule has 0 bridgehead atoms. The quantitative estimate of drug-likeness (QED) is 0.627. The topological polar surface area (TPSA) is 0 Å². The molecule has 1 aliphatic carbocycles. The van der Waals surface area contributed by atoms with Crippen LogP contribution in [0.25, 0.3) is 0 Å². The van der Waals surface area contributed by atoms with E-state index in [-0.39, 0.29) is 4.75 Å². The van der Waals surface area contributed by atoms with E-state index in [0.29, 0.717) is 5.92 Å². The Morgan fingerprint density at radius 1 is 1.27 bits per heavy atom. The maximum absolute atomic E-state index is 2.33. The Balaban J connectivity index is 2.16. The standard InChI is InChI=1S/C14H14S/c1-10-6-7-11-12-5-3-4-8-14(12,2)15-13(11)9-10/h3-9,12H,1-2H3. The van der Waals surface area contributed by atoms with E-state index in [9.17, 15) is 0 Å². The average molecular weight is 214 g/mol. The van der Waals surface area contributed by atoms with Crippen molar-refractivity contribution >= 4 is 11.8 Å². The molecule has 76 valence electrons. The number of hydrogen-bond donors (Lipinski definition) is 0. The van der Waals surface area contributed by atoms with E-state index in [0.717, 1.165) is 0 Å². The van der Waals surface area contributed by atoms with Crippen LogP contribution in [0.15, 0.2) is 47.4 Å². The smallest absolute Gasteiger partial charge is 0.0464 e. The van der Waals surface area contributed by atoms with Gasteiger partial charge >= 0.3 is 0 Å². The van der Waals surface area contributed by atoms with Crippen LogP contribution in [-0.2, 0) is 0 Å². The van der Waals surface area contributed by atoms with Crippen molar-refractivity contribution in [2.24, 2.45) is 0 Å². The number of hydrogen-bond acceptors (Lipinski definition) is 1. The molecular formula is C14H14S. The Morgan fingerprint density at radius 2 is 2.13 bits per heavy atom. The Labute approximate surface area is 95.1 Å². The minimum absolute atomic E-state index is 0.241. The first kappa shape index (κ1) is 9.29. The maximum atomic E-state index is 2.33. The molecule has 1 aromatic carbocycles. The molecule has 2 atom stereocenters. The van der Waals surface area contributed by atoms with Gasteiger partial charge in [-0.1, -0.05) is 36.4 Å². The van der Waals surface area contributed by atoms with Crippen LogP contribution in [0.2, 0.25) is 0 Å². The lowest BCUT2D eigenvalue weighted by Gasteiger charge is -2.27. The Morgan fingerprint density at radius 3 is 3.00 bits per heavy atom. The van der Waals surface area contributed by atoms with Crippen molar-refractivity contribution in [1.82, 2.24) is 0 Å². The van der Waals surface area contributed by atoms with Gasteiger partial charge in [-0.05, 0) is 31.0 Å².